The topological polar surface area (TPSA) is 54.5 Å². The van der Waals surface area contributed by atoms with Crippen molar-refractivity contribution in [3.05, 3.63) is 64.2 Å². The van der Waals surface area contributed by atoms with Crippen LogP contribution in [0.2, 0.25) is 5.02 Å². The molecule has 0 spiro atoms. The molecule has 0 atom stereocenters. The predicted molar refractivity (Wildman–Crippen MR) is 103 cm³/mol. The lowest BCUT2D eigenvalue weighted by atomic mass is 10.0. The molecule has 1 aliphatic heterocycles. The summed E-state index contributed by atoms with van der Waals surface area (Å²) >= 11 is 5.81. The van der Waals surface area contributed by atoms with Crippen molar-refractivity contribution in [2.24, 2.45) is 0 Å². The Morgan fingerprint density at radius 3 is 2.35 bits per heavy atom. The Kier molecular flexibility index (Phi) is 5.39. The Bertz CT molecular complexity index is 917. The summed E-state index contributed by atoms with van der Waals surface area (Å²) in [6.45, 7) is 4.64. The number of halogens is 1. The second-order valence-corrected chi connectivity index (χ2v) is 9.50. The lowest BCUT2D eigenvalue weighted by molar-refractivity contribution is -0.134. The van der Waals surface area contributed by atoms with Gasteiger partial charge < -0.3 is 4.90 Å². The van der Waals surface area contributed by atoms with E-state index in [-0.39, 0.29) is 23.9 Å². The van der Waals surface area contributed by atoms with Crippen molar-refractivity contribution in [2.75, 3.05) is 13.1 Å². The van der Waals surface area contributed by atoms with Crippen LogP contribution in [-0.2, 0) is 21.1 Å². The number of aryl methyl sites for hydroxylation is 3. The maximum atomic E-state index is 12.6. The van der Waals surface area contributed by atoms with Gasteiger partial charge in [-0.15, -0.1) is 0 Å². The molecule has 0 aromatic heterocycles. The van der Waals surface area contributed by atoms with Gasteiger partial charge in [-0.2, -0.15) is 0 Å². The van der Waals surface area contributed by atoms with Gasteiger partial charge >= 0.3 is 0 Å². The van der Waals surface area contributed by atoms with Crippen molar-refractivity contribution in [3.8, 4) is 0 Å². The first-order valence-corrected chi connectivity index (χ1v) is 10.5. The number of amides is 1. The normalized spacial score (nSPS) is 15.0. The molecule has 2 aromatic rings. The third-order valence-corrected chi connectivity index (χ3v) is 7.34. The standard InChI is InChI=1S/C20H22ClNO3S/c1-14-3-4-16(11-15(14)2)5-10-20(23)22-12-19(13-22)26(24,25)18-8-6-17(21)7-9-18/h3-4,6-9,11,19H,5,10,12-13H2,1-2H3. The van der Waals surface area contributed by atoms with Crippen LogP contribution in [0.3, 0.4) is 0 Å². The molecule has 4 nitrogen and oxygen atoms in total. The molecule has 1 aliphatic rings. The van der Waals surface area contributed by atoms with E-state index >= 15 is 0 Å². The molecule has 26 heavy (non-hydrogen) atoms. The molecule has 1 heterocycles. The highest BCUT2D eigenvalue weighted by atomic mass is 35.5. The number of sulfone groups is 1. The Hall–Kier alpha value is -1.85. The second-order valence-electron chi connectivity index (χ2n) is 6.84. The van der Waals surface area contributed by atoms with Crippen LogP contribution in [0.4, 0.5) is 0 Å². The van der Waals surface area contributed by atoms with E-state index in [0.29, 0.717) is 17.9 Å². The Labute approximate surface area is 159 Å². The summed E-state index contributed by atoms with van der Waals surface area (Å²) in [5, 5.41) is -0.0325. The van der Waals surface area contributed by atoms with Crippen molar-refractivity contribution in [2.45, 2.75) is 36.8 Å². The molecule has 1 fully saturated rings. The van der Waals surface area contributed by atoms with Gasteiger partial charge in [0, 0.05) is 24.5 Å². The average Bonchev–Trinajstić information content (AvgIpc) is 2.54. The number of benzene rings is 2. The van der Waals surface area contributed by atoms with Crippen LogP contribution in [0.15, 0.2) is 47.4 Å². The third kappa shape index (κ3) is 3.94. The van der Waals surface area contributed by atoms with Gasteiger partial charge in [0.1, 0.15) is 5.25 Å². The number of carbonyl (C=O) groups excluding carboxylic acids is 1. The number of rotatable bonds is 5. The molecule has 0 bridgehead atoms. The van der Waals surface area contributed by atoms with Crippen LogP contribution < -0.4 is 0 Å². The van der Waals surface area contributed by atoms with Gasteiger partial charge in [0.2, 0.25) is 5.91 Å². The van der Waals surface area contributed by atoms with Crippen LogP contribution >= 0.6 is 11.6 Å². The molecule has 2 aromatic carbocycles. The van der Waals surface area contributed by atoms with Gasteiger partial charge in [0.15, 0.2) is 9.84 Å². The van der Waals surface area contributed by atoms with Gasteiger partial charge in [0.25, 0.3) is 0 Å². The number of hydrogen-bond acceptors (Lipinski definition) is 3. The average molecular weight is 392 g/mol. The molecule has 138 valence electrons. The van der Waals surface area contributed by atoms with Crippen LogP contribution in [0, 0.1) is 13.8 Å². The molecule has 3 rings (SSSR count). The lowest BCUT2D eigenvalue weighted by Gasteiger charge is -2.38. The van der Waals surface area contributed by atoms with Gasteiger partial charge in [0.05, 0.1) is 4.90 Å². The quantitative estimate of drug-likeness (QED) is 0.782. The fraction of sp³-hybridized carbons (Fsp3) is 0.350. The maximum Gasteiger partial charge on any atom is 0.222 e. The maximum absolute atomic E-state index is 12.6. The Morgan fingerprint density at radius 2 is 1.73 bits per heavy atom. The fourth-order valence-electron chi connectivity index (χ4n) is 3.02. The second kappa shape index (κ2) is 7.41. The monoisotopic (exact) mass is 391 g/mol. The van der Waals surface area contributed by atoms with Crippen molar-refractivity contribution in [1.82, 2.24) is 4.90 Å². The molecule has 0 N–H and O–H groups in total. The minimum atomic E-state index is -3.42. The Morgan fingerprint density at radius 1 is 1.08 bits per heavy atom. The number of hydrogen-bond donors (Lipinski definition) is 0. The molecule has 6 heteroatoms. The van der Waals surface area contributed by atoms with Gasteiger partial charge in [-0.05, 0) is 61.2 Å². The molecule has 0 unspecified atom stereocenters. The van der Waals surface area contributed by atoms with E-state index in [1.54, 1.807) is 17.0 Å². The van der Waals surface area contributed by atoms with Crippen molar-refractivity contribution < 1.29 is 13.2 Å². The highest BCUT2D eigenvalue weighted by Crippen LogP contribution is 2.25. The largest absolute Gasteiger partial charge is 0.340 e. The zero-order valence-corrected chi connectivity index (χ0v) is 16.5. The van der Waals surface area contributed by atoms with Crippen molar-refractivity contribution in [1.29, 1.82) is 0 Å². The summed E-state index contributed by atoms with van der Waals surface area (Å²) in [5.74, 6) is 0.00536. The van der Waals surface area contributed by atoms with Crippen LogP contribution in [0.25, 0.3) is 0 Å². The highest BCUT2D eigenvalue weighted by molar-refractivity contribution is 7.92. The molecule has 0 radical (unpaired) electrons. The fourth-order valence-corrected chi connectivity index (χ4v) is 4.80. The summed E-state index contributed by atoms with van der Waals surface area (Å²) in [4.78, 5) is 14.2. The highest BCUT2D eigenvalue weighted by Gasteiger charge is 2.40. The van der Waals surface area contributed by atoms with E-state index in [4.69, 9.17) is 11.6 Å². The third-order valence-electron chi connectivity index (χ3n) is 4.98. The van der Waals surface area contributed by atoms with Crippen molar-refractivity contribution in [3.63, 3.8) is 0 Å². The van der Waals surface area contributed by atoms with Crippen LogP contribution in [0.1, 0.15) is 23.1 Å². The van der Waals surface area contributed by atoms with E-state index in [1.165, 1.54) is 23.3 Å². The van der Waals surface area contributed by atoms with E-state index in [2.05, 4.69) is 26.0 Å². The smallest absolute Gasteiger partial charge is 0.222 e. The van der Waals surface area contributed by atoms with E-state index in [9.17, 15) is 13.2 Å². The van der Waals surface area contributed by atoms with E-state index < -0.39 is 15.1 Å². The van der Waals surface area contributed by atoms with E-state index in [1.807, 2.05) is 6.07 Å². The number of carbonyl (C=O) groups is 1. The number of likely N-dealkylation sites (tertiary alicyclic amines) is 1. The first-order chi connectivity index (χ1) is 12.3. The van der Waals surface area contributed by atoms with Crippen LogP contribution in [0.5, 0.6) is 0 Å². The first-order valence-electron chi connectivity index (χ1n) is 8.61. The minimum Gasteiger partial charge on any atom is -0.340 e. The molecule has 1 amide bonds. The van der Waals surface area contributed by atoms with Gasteiger partial charge in [-0.25, -0.2) is 8.42 Å². The lowest BCUT2D eigenvalue weighted by Crippen LogP contribution is -2.56. The zero-order valence-electron chi connectivity index (χ0n) is 14.9. The SMILES string of the molecule is Cc1ccc(CCC(=O)N2CC(S(=O)(=O)c3ccc(Cl)cc3)C2)cc1C. The molecular formula is C20H22ClNO3S. The molecule has 1 saturated heterocycles. The minimum absolute atomic E-state index is 0.00536. The molecule has 0 saturated carbocycles. The first kappa shape index (κ1) is 18.9. The van der Waals surface area contributed by atoms with Gasteiger partial charge in [-0.1, -0.05) is 29.8 Å². The predicted octanol–water partition coefficient (Wildman–Crippen LogP) is 3.57. The summed E-state index contributed by atoms with van der Waals surface area (Å²) in [6, 6.07) is 12.4. The number of nitrogens with zero attached hydrogens (tertiary/aromatic N) is 1. The summed E-state index contributed by atoms with van der Waals surface area (Å²) in [6.07, 6.45) is 1.07. The van der Waals surface area contributed by atoms with Crippen molar-refractivity contribution >= 4 is 27.3 Å². The van der Waals surface area contributed by atoms with Crippen LogP contribution in [-0.4, -0.2) is 37.6 Å². The zero-order chi connectivity index (χ0) is 18.9. The van der Waals surface area contributed by atoms with Gasteiger partial charge in [-0.3, -0.25) is 4.79 Å². The van der Waals surface area contributed by atoms with E-state index in [0.717, 1.165) is 5.56 Å². The molecular weight excluding hydrogens is 370 g/mol. The summed E-state index contributed by atoms with van der Waals surface area (Å²) in [7, 11) is -3.42. The molecule has 0 aliphatic carbocycles. The summed E-state index contributed by atoms with van der Waals surface area (Å²) < 4.78 is 25.1. The Balaban J connectivity index is 1.54. The summed E-state index contributed by atoms with van der Waals surface area (Å²) in [5.41, 5.74) is 3.58.